The van der Waals surface area contributed by atoms with Gasteiger partial charge >= 0.3 is 5.97 Å². The van der Waals surface area contributed by atoms with Crippen LogP contribution < -0.4 is 10.1 Å². The molecule has 1 aromatic carbocycles. The number of anilines is 1. The highest BCUT2D eigenvalue weighted by Crippen LogP contribution is 2.49. The zero-order valence-corrected chi connectivity index (χ0v) is 16.7. The van der Waals surface area contributed by atoms with Crippen LogP contribution >= 0.6 is 11.3 Å². The number of hydrogen-bond acceptors (Lipinski definition) is 6. The van der Waals surface area contributed by atoms with Crippen LogP contribution in [0.25, 0.3) is 11.3 Å². The minimum absolute atomic E-state index is 0.267. The van der Waals surface area contributed by atoms with Gasteiger partial charge in [-0.15, -0.1) is 11.3 Å². The van der Waals surface area contributed by atoms with Gasteiger partial charge in [-0.2, -0.15) is 0 Å². The Balaban J connectivity index is 1.23. The van der Waals surface area contributed by atoms with E-state index >= 15 is 0 Å². The lowest BCUT2D eigenvalue weighted by Crippen LogP contribution is -2.23. The second kappa shape index (κ2) is 8.31. The summed E-state index contributed by atoms with van der Waals surface area (Å²) < 4.78 is 10.3. The van der Waals surface area contributed by atoms with Crippen LogP contribution in [0.1, 0.15) is 32.1 Å². The summed E-state index contributed by atoms with van der Waals surface area (Å²) in [5.74, 6) is 2.07. The average Bonchev–Trinajstić information content (AvgIpc) is 3.44. The van der Waals surface area contributed by atoms with Gasteiger partial charge in [0.05, 0.1) is 12.8 Å². The van der Waals surface area contributed by atoms with Crippen molar-refractivity contribution in [1.82, 2.24) is 4.98 Å². The number of hydrogen-bond donors (Lipinski definition) is 1. The Hall–Kier alpha value is -2.41. The Bertz CT molecular complexity index is 848. The van der Waals surface area contributed by atoms with Crippen LogP contribution in [-0.2, 0) is 14.3 Å². The molecule has 2 aromatic rings. The quantitative estimate of drug-likeness (QED) is 0.707. The molecule has 6 nitrogen and oxygen atoms in total. The third kappa shape index (κ3) is 4.35. The normalized spacial score (nSPS) is 22.8. The molecule has 2 aliphatic carbocycles. The minimum atomic E-state index is -0.364. The number of benzene rings is 1. The molecule has 0 unspecified atom stereocenters. The molecular formula is C21H24N2O4S. The van der Waals surface area contributed by atoms with E-state index in [0.717, 1.165) is 29.3 Å². The van der Waals surface area contributed by atoms with Gasteiger partial charge in [0.2, 0.25) is 0 Å². The fourth-order valence-electron chi connectivity index (χ4n) is 4.43. The highest BCUT2D eigenvalue weighted by molar-refractivity contribution is 7.14. The van der Waals surface area contributed by atoms with Crippen molar-refractivity contribution in [2.75, 3.05) is 19.0 Å². The largest absolute Gasteiger partial charge is 0.497 e. The van der Waals surface area contributed by atoms with E-state index in [1.54, 1.807) is 7.11 Å². The predicted octanol–water partition coefficient (Wildman–Crippen LogP) is 4.13. The third-order valence-corrected chi connectivity index (χ3v) is 6.57. The van der Waals surface area contributed by atoms with E-state index in [-0.39, 0.29) is 18.5 Å². The van der Waals surface area contributed by atoms with Gasteiger partial charge < -0.3 is 9.47 Å². The van der Waals surface area contributed by atoms with E-state index in [4.69, 9.17) is 9.47 Å². The molecule has 2 bridgehead atoms. The fourth-order valence-corrected chi connectivity index (χ4v) is 5.16. The summed E-state index contributed by atoms with van der Waals surface area (Å²) in [6.07, 6.45) is 5.39. The van der Waals surface area contributed by atoms with Gasteiger partial charge in [-0.3, -0.25) is 14.9 Å². The number of ether oxygens (including phenoxy) is 2. The fraction of sp³-hybridized carbons (Fsp3) is 0.476. The van der Waals surface area contributed by atoms with E-state index in [1.807, 2.05) is 29.6 Å². The van der Waals surface area contributed by atoms with Crippen molar-refractivity contribution in [2.24, 2.45) is 17.8 Å². The number of esters is 1. The topological polar surface area (TPSA) is 77.5 Å². The van der Waals surface area contributed by atoms with Crippen LogP contribution in [0.3, 0.4) is 0 Å². The van der Waals surface area contributed by atoms with Crippen LogP contribution in [0, 0.1) is 17.8 Å². The zero-order valence-electron chi connectivity index (χ0n) is 15.8. The third-order valence-electron chi connectivity index (χ3n) is 5.81. The molecule has 1 heterocycles. The predicted molar refractivity (Wildman–Crippen MR) is 107 cm³/mol. The van der Waals surface area contributed by atoms with Crippen molar-refractivity contribution >= 4 is 28.3 Å². The van der Waals surface area contributed by atoms with Gasteiger partial charge in [0, 0.05) is 17.4 Å². The van der Waals surface area contributed by atoms with E-state index in [9.17, 15) is 9.59 Å². The van der Waals surface area contributed by atoms with Crippen molar-refractivity contribution in [3.8, 4) is 17.0 Å². The summed E-state index contributed by atoms with van der Waals surface area (Å²) in [6, 6.07) is 7.55. The number of methoxy groups -OCH3 is 1. The first-order valence-electron chi connectivity index (χ1n) is 9.66. The minimum Gasteiger partial charge on any atom is -0.497 e. The molecule has 3 atom stereocenters. The monoisotopic (exact) mass is 400 g/mol. The molecule has 2 fully saturated rings. The first kappa shape index (κ1) is 18.9. The number of carbonyl (C=O) groups is 2. The molecule has 4 rings (SSSR count). The Kier molecular flexibility index (Phi) is 5.62. The van der Waals surface area contributed by atoms with Crippen molar-refractivity contribution < 1.29 is 19.1 Å². The molecule has 148 valence electrons. The van der Waals surface area contributed by atoms with Crippen LogP contribution in [-0.4, -0.2) is 30.6 Å². The summed E-state index contributed by atoms with van der Waals surface area (Å²) in [5.41, 5.74) is 1.71. The molecule has 0 spiro atoms. The maximum atomic E-state index is 12.1. The summed E-state index contributed by atoms with van der Waals surface area (Å²) in [5, 5.41) is 5.06. The molecule has 1 aromatic heterocycles. The number of nitrogens with zero attached hydrogens (tertiary/aromatic N) is 1. The number of carbonyl (C=O) groups excluding carboxylic acids is 2. The lowest BCUT2D eigenvalue weighted by Gasteiger charge is -2.20. The lowest BCUT2D eigenvalue weighted by molar-refractivity contribution is -0.148. The van der Waals surface area contributed by atoms with Gasteiger partial charge in [-0.05, 0) is 61.3 Å². The molecule has 28 heavy (non-hydrogen) atoms. The van der Waals surface area contributed by atoms with Crippen molar-refractivity contribution in [1.29, 1.82) is 0 Å². The van der Waals surface area contributed by atoms with Gasteiger partial charge in [0.25, 0.3) is 5.91 Å². The Morgan fingerprint density at radius 2 is 2.04 bits per heavy atom. The van der Waals surface area contributed by atoms with Gasteiger partial charge in [0.15, 0.2) is 11.7 Å². The van der Waals surface area contributed by atoms with Gasteiger partial charge in [0.1, 0.15) is 5.75 Å². The Morgan fingerprint density at radius 1 is 1.21 bits per heavy atom. The van der Waals surface area contributed by atoms with E-state index < -0.39 is 0 Å². The SMILES string of the molecule is COc1ccc(-c2csc(NC(=O)COC(=O)C[C@H]3C[C@H]4CC[C@@H]3C4)n2)cc1. The summed E-state index contributed by atoms with van der Waals surface area (Å²) in [6.45, 7) is -0.267. The number of fused-ring (bicyclic) bond motifs is 2. The molecule has 7 heteroatoms. The number of rotatable bonds is 7. The first-order chi connectivity index (χ1) is 13.6. The van der Waals surface area contributed by atoms with Crippen LogP contribution in [0.2, 0.25) is 0 Å². The van der Waals surface area contributed by atoms with Crippen LogP contribution in [0.5, 0.6) is 5.75 Å². The molecule has 1 amide bonds. The number of nitrogens with one attached hydrogen (secondary N) is 1. The summed E-state index contributed by atoms with van der Waals surface area (Å²) in [4.78, 5) is 28.5. The molecule has 0 saturated heterocycles. The molecule has 2 aliphatic rings. The molecule has 0 aliphatic heterocycles. The summed E-state index contributed by atoms with van der Waals surface area (Å²) in [7, 11) is 1.62. The van der Waals surface area contributed by atoms with Crippen LogP contribution in [0.4, 0.5) is 5.13 Å². The van der Waals surface area contributed by atoms with E-state index in [2.05, 4.69) is 10.3 Å². The maximum absolute atomic E-state index is 12.1. The van der Waals surface area contributed by atoms with E-state index in [0.29, 0.717) is 23.4 Å². The molecule has 1 N–H and O–H groups in total. The average molecular weight is 401 g/mol. The lowest BCUT2D eigenvalue weighted by atomic mass is 9.86. The zero-order chi connectivity index (χ0) is 19.5. The van der Waals surface area contributed by atoms with Crippen LogP contribution in [0.15, 0.2) is 29.6 Å². The maximum Gasteiger partial charge on any atom is 0.306 e. The summed E-state index contributed by atoms with van der Waals surface area (Å²) >= 11 is 1.34. The van der Waals surface area contributed by atoms with Crippen molar-refractivity contribution in [2.45, 2.75) is 32.1 Å². The van der Waals surface area contributed by atoms with E-state index in [1.165, 1.54) is 30.6 Å². The standard InChI is InChI=1S/C21H24N2O4S/c1-26-17-6-4-14(5-7-17)18-12-28-21(22-18)23-19(24)11-27-20(25)10-16-9-13-2-3-15(16)8-13/h4-7,12-13,15-16H,2-3,8-11H2,1H3,(H,22,23,24)/t13-,15+,16+/m0/s1. The number of amides is 1. The number of thiazole rings is 1. The Labute approximate surface area is 168 Å². The molecule has 2 saturated carbocycles. The second-order valence-electron chi connectivity index (χ2n) is 7.61. The van der Waals surface area contributed by atoms with Crippen molar-refractivity contribution in [3.05, 3.63) is 29.6 Å². The molecule has 0 radical (unpaired) electrons. The van der Waals surface area contributed by atoms with Crippen molar-refractivity contribution in [3.63, 3.8) is 0 Å². The highest BCUT2D eigenvalue weighted by Gasteiger charge is 2.40. The van der Waals surface area contributed by atoms with Gasteiger partial charge in [-0.25, -0.2) is 4.98 Å². The first-order valence-corrected chi connectivity index (χ1v) is 10.5. The molecular weight excluding hydrogens is 376 g/mol. The second-order valence-corrected chi connectivity index (χ2v) is 8.47. The highest BCUT2D eigenvalue weighted by atomic mass is 32.1. The van der Waals surface area contributed by atoms with Gasteiger partial charge in [-0.1, -0.05) is 6.42 Å². The Morgan fingerprint density at radius 3 is 2.71 bits per heavy atom. The number of aromatic nitrogens is 1. The smallest absolute Gasteiger partial charge is 0.306 e.